The lowest BCUT2D eigenvalue weighted by atomic mass is 9.81. The highest BCUT2D eigenvalue weighted by molar-refractivity contribution is 6.34. The van der Waals surface area contributed by atoms with Crippen LogP contribution < -0.4 is 10.7 Å². The number of hydrogen-bond acceptors (Lipinski definition) is 5. The van der Waals surface area contributed by atoms with Gasteiger partial charge in [0, 0.05) is 19.0 Å². The predicted molar refractivity (Wildman–Crippen MR) is 143 cm³/mol. The lowest BCUT2D eigenvalue weighted by molar-refractivity contribution is -0.141. The van der Waals surface area contributed by atoms with Crippen molar-refractivity contribution in [3.63, 3.8) is 0 Å². The fourth-order valence-electron chi connectivity index (χ4n) is 4.91. The third kappa shape index (κ3) is 5.20. The Kier molecular flexibility index (Phi) is 7.06. The Hall–Kier alpha value is -4.15. The number of hydrogen-bond donors (Lipinski definition) is 3. The van der Waals surface area contributed by atoms with Gasteiger partial charge in [-0.3, -0.25) is 15.0 Å². The molecule has 3 N–H and O–H groups in total. The molecule has 0 aromatic heterocycles. The molecule has 3 aromatic carbocycles. The van der Waals surface area contributed by atoms with Crippen molar-refractivity contribution in [2.75, 3.05) is 7.05 Å². The molecule has 1 unspecified atom stereocenters. The van der Waals surface area contributed by atoms with Gasteiger partial charge in [-0.2, -0.15) is 5.26 Å². The summed E-state index contributed by atoms with van der Waals surface area (Å²) in [6.07, 6.45) is 5.92. The molecule has 0 bridgehead atoms. The average Bonchev–Trinajstić information content (AvgIpc) is 3.67. The van der Waals surface area contributed by atoms with Crippen LogP contribution in [0.5, 0.6) is 0 Å². The predicted octanol–water partition coefficient (Wildman–Crippen LogP) is 4.09. The van der Waals surface area contributed by atoms with E-state index < -0.39 is 17.4 Å². The van der Waals surface area contributed by atoms with E-state index in [1.165, 1.54) is 28.9 Å². The number of nitrogens with one attached hydrogen (secondary N) is 2. The molecule has 1 saturated carbocycles. The number of allylic oxidation sites excluding steroid dienone is 1. The van der Waals surface area contributed by atoms with Crippen molar-refractivity contribution in [2.24, 2.45) is 0 Å². The van der Waals surface area contributed by atoms with Crippen molar-refractivity contribution < 1.29 is 14.7 Å². The number of nitriles is 1. The first-order valence-electron chi connectivity index (χ1n) is 12.3. The highest BCUT2D eigenvalue weighted by Gasteiger charge is 2.44. The Bertz CT molecular complexity index is 1430. The summed E-state index contributed by atoms with van der Waals surface area (Å²) in [5, 5.41) is 26.4. The second kappa shape index (κ2) is 10.1. The molecular weight excluding hydrogens is 464 g/mol. The number of amides is 2. The van der Waals surface area contributed by atoms with E-state index in [9.17, 15) is 14.7 Å². The van der Waals surface area contributed by atoms with Gasteiger partial charge in [0.2, 0.25) is 0 Å². The van der Waals surface area contributed by atoms with Crippen LogP contribution in [-0.2, 0) is 27.1 Å². The first-order chi connectivity index (χ1) is 17.6. The maximum atomic E-state index is 12.2. The molecule has 1 atom stereocenters. The SMILES string of the molecule is C/C(=C/C1(c2ccc(C)c3ccccc23)CC1)C(C)(O)c1ccccc1CNC(=O)C(=O)NN(C)C#N. The van der Waals surface area contributed by atoms with Crippen LogP contribution in [0.2, 0.25) is 0 Å². The van der Waals surface area contributed by atoms with Gasteiger partial charge < -0.3 is 10.4 Å². The third-order valence-corrected chi connectivity index (χ3v) is 7.33. The number of rotatable bonds is 7. The molecule has 0 radical (unpaired) electrons. The molecule has 3 aromatic rings. The maximum absolute atomic E-state index is 12.2. The molecule has 2 amide bonds. The number of aliphatic hydroxyl groups is 1. The number of aryl methyl sites for hydroxylation is 1. The Labute approximate surface area is 217 Å². The second-order valence-corrected chi connectivity index (χ2v) is 9.97. The zero-order chi connectivity index (χ0) is 26.8. The molecule has 1 aliphatic rings. The standard InChI is InChI=1S/C30H32N4O3/c1-20-13-14-26(24-11-7-6-10-23(20)24)30(15-16-30)17-21(2)29(3,37)25-12-8-5-9-22(25)18-32-27(35)28(36)33-34(4)19-31/h5-14,17,37H,15-16,18H2,1-4H3,(H,32,35)(H,33,36)/b21-17-. The molecule has 7 heteroatoms. The lowest BCUT2D eigenvalue weighted by Crippen LogP contribution is -2.45. The molecule has 190 valence electrons. The van der Waals surface area contributed by atoms with Gasteiger partial charge >= 0.3 is 11.8 Å². The van der Waals surface area contributed by atoms with E-state index >= 15 is 0 Å². The van der Waals surface area contributed by atoms with Crippen LogP contribution in [0.25, 0.3) is 10.8 Å². The molecule has 1 fully saturated rings. The molecule has 0 saturated heterocycles. The van der Waals surface area contributed by atoms with E-state index in [4.69, 9.17) is 5.26 Å². The number of carbonyl (C=O) groups is 2. The Morgan fingerprint density at radius 2 is 1.73 bits per heavy atom. The quantitative estimate of drug-likeness (QED) is 0.150. The smallest absolute Gasteiger partial charge is 0.328 e. The average molecular weight is 497 g/mol. The van der Waals surface area contributed by atoms with E-state index in [0.29, 0.717) is 11.1 Å². The highest BCUT2D eigenvalue weighted by Crippen LogP contribution is 2.53. The monoisotopic (exact) mass is 496 g/mol. The van der Waals surface area contributed by atoms with Crippen LogP contribution in [0.4, 0.5) is 0 Å². The summed E-state index contributed by atoms with van der Waals surface area (Å²) in [6.45, 7) is 5.88. The largest absolute Gasteiger partial charge is 0.381 e. The van der Waals surface area contributed by atoms with Crippen LogP contribution in [0.15, 0.2) is 72.3 Å². The molecule has 7 nitrogen and oxygen atoms in total. The third-order valence-electron chi connectivity index (χ3n) is 7.33. The molecular formula is C30H32N4O3. The first kappa shape index (κ1) is 25.9. The van der Waals surface area contributed by atoms with E-state index in [2.05, 4.69) is 60.1 Å². The number of benzene rings is 3. The first-order valence-corrected chi connectivity index (χ1v) is 12.3. The van der Waals surface area contributed by atoms with Crippen molar-refractivity contribution in [1.82, 2.24) is 15.8 Å². The molecule has 0 spiro atoms. The fraction of sp³-hybridized carbons (Fsp3) is 0.300. The van der Waals surface area contributed by atoms with Crippen molar-refractivity contribution in [2.45, 2.75) is 51.2 Å². The maximum Gasteiger partial charge on any atom is 0.328 e. The summed E-state index contributed by atoms with van der Waals surface area (Å²) in [5.41, 5.74) is 5.43. The summed E-state index contributed by atoms with van der Waals surface area (Å²) < 4.78 is 0. The van der Waals surface area contributed by atoms with Crippen molar-refractivity contribution >= 4 is 22.6 Å². The van der Waals surface area contributed by atoms with Gasteiger partial charge in [-0.15, -0.1) is 0 Å². The van der Waals surface area contributed by atoms with Gasteiger partial charge in [-0.25, -0.2) is 5.01 Å². The van der Waals surface area contributed by atoms with E-state index in [0.717, 1.165) is 23.4 Å². The molecule has 37 heavy (non-hydrogen) atoms. The van der Waals surface area contributed by atoms with Crippen molar-refractivity contribution in [3.05, 3.63) is 94.6 Å². The normalized spacial score (nSPS) is 15.8. The summed E-state index contributed by atoms with van der Waals surface area (Å²) in [6, 6.07) is 20.1. The van der Waals surface area contributed by atoms with Gasteiger partial charge in [0.05, 0.1) is 0 Å². The molecule has 0 aliphatic heterocycles. The summed E-state index contributed by atoms with van der Waals surface area (Å²) in [4.78, 5) is 24.2. The van der Waals surface area contributed by atoms with Crippen molar-refractivity contribution in [3.8, 4) is 6.19 Å². The fourth-order valence-corrected chi connectivity index (χ4v) is 4.91. The molecule has 0 heterocycles. The number of hydrazine groups is 1. The topological polar surface area (TPSA) is 105 Å². The van der Waals surface area contributed by atoms with Gasteiger partial charge in [0.1, 0.15) is 5.60 Å². The van der Waals surface area contributed by atoms with Crippen LogP contribution in [0.3, 0.4) is 0 Å². The van der Waals surface area contributed by atoms with Crippen molar-refractivity contribution in [1.29, 1.82) is 5.26 Å². The second-order valence-electron chi connectivity index (χ2n) is 9.97. The number of nitrogens with zero attached hydrogens (tertiary/aromatic N) is 2. The van der Waals surface area contributed by atoms with Gasteiger partial charge in [-0.05, 0) is 72.2 Å². The highest BCUT2D eigenvalue weighted by atomic mass is 16.3. The van der Waals surface area contributed by atoms with E-state index in [-0.39, 0.29) is 12.0 Å². The van der Waals surface area contributed by atoms with E-state index in [1.807, 2.05) is 31.2 Å². The minimum absolute atomic E-state index is 0.0515. The Morgan fingerprint density at radius 3 is 2.41 bits per heavy atom. The Morgan fingerprint density at radius 1 is 1.08 bits per heavy atom. The summed E-state index contributed by atoms with van der Waals surface area (Å²) in [7, 11) is 1.33. The zero-order valence-electron chi connectivity index (χ0n) is 21.6. The lowest BCUT2D eigenvalue weighted by Gasteiger charge is -2.29. The summed E-state index contributed by atoms with van der Waals surface area (Å²) in [5.74, 6) is -1.81. The minimum atomic E-state index is -1.29. The number of fused-ring (bicyclic) bond motifs is 1. The van der Waals surface area contributed by atoms with Crippen LogP contribution in [0.1, 0.15) is 48.9 Å². The molecule has 1 aliphatic carbocycles. The van der Waals surface area contributed by atoms with Crippen LogP contribution in [-0.4, -0.2) is 29.0 Å². The van der Waals surface area contributed by atoms with Crippen LogP contribution >= 0.6 is 0 Å². The Balaban J connectivity index is 1.60. The molecule has 4 rings (SSSR count). The van der Waals surface area contributed by atoms with Gasteiger partial charge in [-0.1, -0.05) is 66.7 Å². The summed E-state index contributed by atoms with van der Waals surface area (Å²) >= 11 is 0. The zero-order valence-corrected chi connectivity index (χ0v) is 21.6. The van der Waals surface area contributed by atoms with Crippen LogP contribution in [0, 0.1) is 18.4 Å². The minimum Gasteiger partial charge on any atom is -0.381 e. The number of carbonyl (C=O) groups excluding carboxylic acids is 2. The van der Waals surface area contributed by atoms with Gasteiger partial charge in [0.15, 0.2) is 6.19 Å². The van der Waals surface area contributed by atoms with Gasteiger partial charge in [0.25, 0.3) is 0 Å². The van der Waals surface area contributed by atoms with E-state index in [1.54, 1.807) is 13.1 Å².